The topological polar surface area (TPSA) is 88.8 Å². The number of carboxylic acids is 1. The molecule has 0 radical (unpaired) electrons. The van der Waals surface area contributed by atoms with Gasteiger partial charge < -0.3 is 19.3 Å². The third kappa shape index (κ3) is 4.42. The summed E-state index contributed by atoms with van der Waals surface area (Å²) < 4.78 is 6.80. The molecule has 0 aromatic carbocycles. The van der Waals surface area contributed by atoms with Crippen molar-refractivity contribution < 1.29 is 19.4 Å². The molecule has 1 atom stereocenters. The van der Waals surface area contributed by atoms with Crippen LogP contribution in [0.15, 0.2) is 29.2 Å². The van der Waals surface area contributed by atoms with Gasteiger partial charge in [0.25, 0.3) is 5.56 Å². The fourth-order valence-electron chi connectivity index (χ4n) is 2.28. The average Bonchev–Trinajstić information content (AvgIpc) is 2.45. The van der Waals surface area contributed by atoms with Crippen molar-refractivity contribution in [1.82, 2.24) is 9.47 Å². The van der Waals surface area contributed by atoms with Crippen molar-refractivity contribution in [3.8, 4) is 0 Å². The van der Waals surface area contributed by atoms with Gasteiger partial charge in [0.1, 0.15) is 0 Å². The number of amides is 1. The van der Waals surface area contributed by atoms with Crippen LogP contribution >= 0.6 is 0 Å². The van der Waals surface area contributed by atoms with E-state index in [1.54, 1.807) is 23.2 Å². The molecule has 7 nitrogen and oxygen atoms in total. The zero-order valence-electron chi connectivity index (χ0n) is 11.6. The number of aryl methyl sites for hydroxylation is 1. The fourth-order valence-corrected chi connectivity index (χ4v) is 2.28. The summed E-state index contributed by atoms with van der Waals surface area (Å²) in [5.41, 5.74) is -0.143. The van der Waals surface area contributed by atoms with Crippen LogP contribution in [0.3, 0.4) is 0 Å². The lowest BCUT2D eigenvalue weighted by molar-refractivity contribution is -0.147. The molecule has 2 rings (SSSR count). The maximum atomic E-state index is 12.1. The summed E-state index contributed by atoms with van der Waals surface area (Å²) in [7, 11) is 0. The highest BCUT2D eigenvalue weighted by Crippen LogP contribution is 2.10. The number of nitrogens with zero attached hydrogens (tertiary/aromatic N) is 2. The molecule has 114 valence electrons. The first-order valence-electron chi connectivity index (χ1n) is 6.83. The van der Waals surface area contributed by atoms with Gasteiger partial charge in [-0.2, -0.15) is 0 Å². The zero-order valence-corrected chi connectivity index (χ0v) is 11.6. The van der Waals surface area contributed by atoms with E-state index in [4.69, 9.17) is 9.84 Å². The Morgan fingerprint density at radius 2 is 2.19 bits per heavy atom. The summed E-state index contributed by atoms with van der Waals surface area (Å²) in [6.07, 6.45) is 1.29. The van der Waals surface area contributed by atoms with Gasteiger partial charge in [0.05, 0.1) is 19.1 Å². The number of carbonyl (C=O) groups is 2. The Hall–Kier alpha value is -2.15. The molecule has 7 heteroatoms. The van der Waals surface area contributed by atoms with Gasteiger partial charge in [-0.1, -0.05) is 6.07 Å². The van der Waals surface area contributed by atoms with Crippen molar-refractivity contribution in [3.63, 3.8) is 0 Å². The van der Waals surface area contributed by atoms with Gasteiger partial charge in [-0.05, 0) is 6.07 Å². The summed E-state index contributed by atoms with van der Waals surface area (Å²) in [5.74, 6) is -1.03. The number of hydrogen-bond acceptors (Lipinski definition) is 4. The third-order valence-corrected chi connectivity index (χ3v) is 3.36. The highest BCUT2D eigenvalue weighted by atomic mass is 16.5. The Kier molecular flexibility index (Phi) is 5.10. The van der Waals surface area contributed by atoms with Crippen LogP contribution in [0.2, 0.25) is 0 Å². The predicted octanol–water partition coefficient (Wildman–Crippen LogP) is -0.0595. The molecule has 1 aliphatic heterocycles. The number of aliphatic carboxylic acids is 1. The van der Waals surface area contributed by atoms with E-state index in [0.717, 1.165) is 0 Å². The van der Waals surface area contributed by atoms with Crippen LogP contribution in [0.25, 0.3) is 0 Å². The molecule has 0 bridgehead atoms. The number of hydrogen-bond donors (Lipinski definition) is 1. The third-order valence-electron chi connectivity index (χ3n) is 3.36. The molecule has 0 spiro atoms. The average molecular weight is 294 g/mol. The highest BCUT2D eigenvalue weighted by molar-refractivity contribution is 5.76. The molecule has 0 saturated carbocycles. The normalized spacial score (nSPS) is 18.5. The van der Waals surface area contributed by atoms with Crippen molar-refractivity contribution in [2.45, 2.75) is 25.5 Å². The van der Waals surface area contributed by atoms with Crippen LogP contribution in [-0.2, 0) is 20.9 Å². The Labute approximate surface area is 121 Å². The number of carboxylic acid groups (broad SMARTS) is 1. The predicted molar refractivity (Wildman–Crippen MR) is 73.9 cm³/mol. The molecule has 1 aliphatic rings. The molecule has 21 heavy (non-hydrogen) atoms. The molecular formula is C14H18N2O5. The molecule has 1 fully saturated rings. The smallest absolute Gasteiger partial charge is 0.306 e. The van der Waals surface area contributed by atoms with Crippen molar-refractivity contribution in [1.29, 1.82) is 0 Å². The molecule has 2 heterocycles. The molecule has 1 amide bonds. The SMILES string of the molecule is O=C(O)C[C@@H]1CN(C(=O)CCn2ccccc2=O)CCO1. The molecule has 1 N–H and O–H groups in total. The zero-order chi connectivity index (χ0) is 15.2. The Bertz CT molecular complexity index is 568. The van der Waals surface area contributed by atoms with Crippen LogP contribution in [0.4, 0.5) is 0 Å². The lowest BCUT2D eigenvalue weighted by atomic mass is 10.2. The number of carbonyl (C=O) groups excluding carboxylic acids is 1. The minimum absolute atomic E-state index is 0.0931. The van der Waals surface area contributed by atoms with E-state index in [1.165, 1.54) is 10.6 Å². The molecule has 0 aliphatic carbocycles. The van der Waals surface area contributed by atoms with E-state index in [0.29, 0.717) is 19.7 Å². The minimum Gasteiger partial charge on any atom is -0.481 e. The van der Waals surface area contributed by atoms with E-state index in [9.17, 15) is 14.4 Å². The first kappa shape index (κ1) is 15.2. The van der Waals surface area contributed by atoms with E-state index < -0.39 is 12.1 Å². The number of ether oxygens (including phenoxy) is 1. The van der Waals surface area contributed by atoms with Gasteiger partial charge in [-0.25, -0.2) is 0 Å². The number of aromatic nitrogens is 1. The van der Waals surface area contributed by atoms with Crippen LogP contribution in [0.1, 0.15) is 12.8 Å². The van der Waals surface area contributed by atoms with Gasteiger partial charge >= 0.3 is 5.97 Å². The van der Waals surface area contributed by atoms with Crippen molar-refractivity contribution in [2.75, 3.05) is 19.7 Å². The summed E-state index contributed by atoms with van der Waals surface area (Å²) >= 11 is 0. The monoisotopic (exact) mass is 294 g/mol. The van der Waals surface area contributed by atoms with E-state index in [1.807, 2.05) is 0 Å². The van der Waals surface area contributed by atoms with Crippen LogP contribution in [0, 0.1) is 0 Å². The fraction of sp³-hybridized carbons (Fsp3) is 0.500. The van der Waals surface area contributed by atoms with Crippen LogP contribution < -0.4 is 5.56 Å². The largest absolute Gasteiger partial charge is 0.481 e. The van der Waals surface area contributed by atoms with E-state index in [-0.39, 0.29) is 30.9 Å². The van der Waals surface area contributed by atoms with Gasteiger partial charge in [0.15, 0.2) is 0 Å². The lowest BCUT2D eigenvalue weighted by Crippen LogP contribution is -2.46. The second-order valence-electron chi connectivity index (χ2n) is 4.91. The second kappa shape index (κ2) is 7.03. The first-order valence-corrected chi connectivity index (χ1v) is 6.83. The summed E-state index contributed by atoms with van der Waals surface area (Å²) in [4.78, 5) is 35.9. The maximum Gasteiger partial charge on any atom is 0.306 e. The van der Waals surface area contributed by atoms with Gasteiger partial charge in [-0.3, -0.25) is 14.4 Å². The highest BCUT2D eigenvalue weighted by Gasteiger charge is 2.25. The van der Waals surface area contributed by atoms with E-state index >= 15 is 0 Å². The van der Waals surface area contributed by atoms with E-state index in [2.05, 4.69) is 0 Å². The molecule has 1 saturated heterocycles. The Balaban J connectivity index is 1.87. The van der Waals surface area contributed by atoms with Crippen molar-refractivity contribution >= 4 is 11.9 Å². The molecular weight excluding hydrogens is 276 g/mol. The second-order valence-corrected chi connectivity index (χ2v) is 4.91. The van der Waals surface area contributed by atoms with Crippen molar-refractivity contribution in [3.05, 3.63) is 34.7 Å². The first-order chi connectivity index (χ1) is 10.1. The summed E-state index contributed by atoms with van der Waals surface area (Å²) in [5, 5.41) is 8.75. The molecule has 0 unspecified atom stereocenters. The summed E-state index contributed by atoms with van der Waals surface area (Å²) in [6.45, 7) is 1.40. The summed E-state index contributed by atoms with van der Waals surface area (Å²) in [6, 6.07) is 4.84. The molecule has 1 aromatic rings. The quantitative estimate of drug-likeness (QED) is 0.822. The maximum absolute atomic E-state index is 12.1. The van der Waals surface area contributed by atoms with Crippen LogP contribution in [-0.4, -0.2) is 52.3 Å². The standard InChI is InChI=1S/C14H18N2O5/c17-12-3-1-2-5-15(12)6-4-13(18)16-7-8-21-11(10-16)9-14(19)20/h1-3,5,11H,4,6-10H2,(H,19,20)/t11-/m1/s1. The van der Waals surface area contributed by atoms with Gasteiger partial charge in [-0.15, -0.1) is 0 Å². The Morgan fingerprint density at radius 1 is 1.38 bits per heavy atom. The minimum atomic E-state index is -0.940. The van der Waals surface area contributed by atoms with Crippen molar-refractivity contribution in [2.24, 2.45) is 0 Å². The lowest BCUT2D eigenvalue weighted by Gasteiger charge is -2.32. The van der Waals surface area contributed by atoms with Crippen LogP contribution in [0.5, 0.6) is 0 Å². The molecule has 1 aromatic heterocycles. The van der Waals surface area contributed by atoms with Gasteiger partial charge in [0.2, 0.25) is 5.91 Å². The van der Waals surface area contributed by atoms with Gasteiger partial charge in [0, 0.05) is 38.3 Å². The number of rotatable bonds is 5. The number of pyridine rings is 1. The number of morpholine rings is 1. The Morgan fingerprint density at radius 3 is 2.90 bits per heavy atom.